The summed E-state index contributed by atoms with van der Waals surface area (Å²) in [6.07, 6.45) is 3.93. The predicted molar refractivity (Wildman–Crippen MR) is 122 cm³/mol. The summed E-state index contributed by atoms with van der Waals surface area (Å²) < 4.78 is 5.97. The van der Waals surface area contributed by atoms with Gasteiger partial charge in [-0.25, -0.2) is 4.79 Å². The van der Waals surface area contributed by atoms with E-state index in [4.69, 9.17) is 4.74 Å². The van der Waals surface area contributed by atoms with Crippen molar-refractivity contribution in [2.24, 2.45) is 5.41 Å². The molecule has 0 radical (unpaired) electrons. The molecule has 0 saturated heterocycles. The highest BCUT2D eigenvalue weighted by Gasteiger charge is 2.36. The lowest BCUT2D eigenvalue weighted by atomic mass is 9.78. The van der Waals surface area contributed by atoms with E-state index in [-0.39, 0.29) is 11.5 Å². The fourth-order valence-corrected chi connectivity index (χ4v) is 4.14. The van der Waals surface area contributed by atoms with Gasteiger partial charge in [0.2, 0.25) is 0 Å². The maximum atomic E-state index is 11.7. The van der Waals surface area contributed by atoms with Crippen LogP contribution in [0.1, 0.15) is 50.3 Å². The van der Waals surface area contributed by atoms with Crippen LogP contribution in [0.15, 0.2) is 54.6 Å². The van der Waals surface area contributed by atoms with Crippen molar-refractivity contribution in [2.45, 2.75) is 53.0 Å². The third kappa shape index (κ3) is 5.44. The first-order valence-corrected chi connectivity index (χ1v) is 10.7. The summed E-state index contributed by atoms with van der Waals surface area (Å²) in [5.74, 6) is 0.889. The van der Waals surface area contributed by atoms with Crippen LogP contribution in [0.25, 0.3) is 5.57 Å². The molecule has 1 amide bonds. The molecule has 1 unspecified atom stereocenters. The van der Waals surface area contributed by atoms with Gasteiger partial charge in [0.05, 0.1) is 6.61 Å². The molecule has 2 aromatic rings. The topological polar surface area (TPSA) is 49.8 Å². The van der Waals surface area contributed by atoms with Crippen molar-refractivity contribution < 1.29 is 14.6 Å². The van der Waals surface area contributed by atoms with Gasteiger partial charge in [-0.3, -0.25) is 0 Å². The van der Waals surface area contributed by atoms with E-state index in [0.29, 0.717) is 13.2 Å². The predicted octanol–water partition coefficient (Wildman–Crippen LogP) is 6.19. The highest BCUT2D eigenvalue weighted by atomic mass is 16.5. The van der Waals surface area contributed by atoms with Gasteiger partial charge in [0, 0.05) is 12.6 Å². The summed E-state index contributed by atoms with van der Waals surface area (Å²) in [6, 6.07) is 16.7. The van der Waals surface area contributed by atoms with Gasteiger partial charge in [-0.05, 0) is 66.0 Å². The average Bonchev–Trinajstić information content (AvgIpc) is 2.71. The Bertz CT molecular complexity index is 896. The SMILES string of the molecule is Cc1cc(OCCCc2ccccc2)ccc1C1=CCN(C(=O)O)C(C(C)(C)C)C1. The molecular formula is C26H33NO3. The molecule has 0 aliphatic carbocycles. The molecule has 2 aromatic carbocycles. The number of benzene rings is 2. The quantitative estimate of drug-likeness (QED) is 0.581. The van der Waals surface area contributed by atoms with Gasteiger partial charge in [-0.15, -0.1) is 0 Å². The molecule has 0 aromatic heterocycles. The summed E-state index contributed by atoms with van der Waals surface area (Å²) in [5, 5.41) is 9.58. The number of nitrogens with zero attached hydrogens (tertiary/aromatic N) is 1. The number of ether oxygens (including phenoxy) is 1. The molecule has 0 bridgehead atoms. The number of carboxylic acid groups (broad SMARTS) is 1. The molecular weight excluding hydrogens is 374 g/mol. The van der Waals surface area contributed by atoms with Gasteiger partial charge in [0.15, 0.2) is 0 Å². The van der Waals surface area contributed by atoms with E-state index in [9.17, 15) is 9.90 Å². The fourth-order valence-electron chi connectivity index (χ4n) is 4.14. The standard InChI is InChI=1S/C26H33NO3/c1-19-17-22(30-16-8-11-20-9-6-5-7-10-20)12-13-23(19)21-14-15-27(25(28)29)24(18-21)26(2,3)4/h5-7,9-10,12-14,17,24H,8,11,15-16,18H2,1-4H3,(H,28,29). The molecule has 1 atom stereocenters. The van der Waals surface area contributed by atoms with Gasteiger partial charge in [-0.1, -0.05) is 63.2 Å². The Morgan fingerprint density at radius 1 is 1.17 bits per heavy atom. The molecule has 1 aliphatic rings. The van der Waals surface area contributed by atoms with Gasteiger partial charge >= 0.3 is 6.09 Å². The van der Waals surface area contributed by atoms with Crippen molar-refractivity contribution in [2.75, 3.05) is 13.2 Å². The van der Waals surface area contributed by atoms with Crippen molar-refractivity contribution in [3.63, 3.8) is 0 Å². The van der Waals surface area contributed by atoms with Crippen LogP contribution in [-0.4, -0.2) is 35.3 Å². The van der Waals surface area contributed by atoms with Crippen molar-refractivity contribution in [3.8, 4) is 5.75 Å². The van der Waals surface area contributed by atoms with E-state index >= 15 is 0 Å². The Labute approximate surface area is 180 Å². The van der Waals surface area contributed by atoms with Crippen LogP contribution in [0.3, 0.4) is 0 Å². The van der Waals surface area contributed by atoms with Crippen LogP contribution in [0.5, 0.6) is 5.75 Å². The Kier molecular flexibility index (Phi) is 6.86. The van der Waals surface area contributed by atoms with Gasteiger partial charge in [-0.2, -0.15) is 0 Å². The summed E-state index contributed by atoms with van der Waals surface area (Å²) in [4.78, 5) is 13.2. The second-order valence-electron chi connectivity index (χ2n) is 9.16. The van der Waals surface area contributed by atoms with Crippen LogP contribution in [0, 0.1) is 12.3 Å². The van der Waals surface area contributed by atoms with E-state index in [2.05, 4.69) is 70.2 Å². The van der Waals surface area contributed by atoms with E-state index in [1.165, 1.54) is 22.3 Å². The second-order valence-corrected chi connectivity index (χ2v) is 9.16. The first-order valence-electron chi connectivity index (χ1n) is 10.7. The van der Waals surface area contributed by atoms with Crippen molar-refractivity contribution in [1.82, 2.24) is 4.90 Å². The minimum absolute atomic E-state index is 0.0386. The Morgan fingerprint density at radius 2 is 1.90 bits per heavy atom. The Hall–Kier alpha value is -2.75. The molecule has 1 heterocycles. The zero-order chi connectivity index (χ0) is 21.7. The fraction of sp³-hybridized carbons (Fsp3) is 0.423. The van der Waals surface area contributed by atoms with Crippen molar-refractivity contribution in [1.29, 1.82) is 0 Å². The van der Waals surface area contributed by atoms with Crippen LogP contribution >= 0.6 is 0 Å². The van der Waals surface area contributed by atoms with Gasteiger partial charge in [0.1, 0.15) is 5.75 Å². The molecule has 160 valence electrons. The summed E-state index contributed by atoms with van der Waals surface area (Å²) in [6.45, 7) is 9.55. The van der Waals surface area contributed by atoms with E-state index in [1.54, 1.807) is 4.90 Å². The van der Waals surface area contributed by atoms with E-state index in [0.717, 1.165) is 25.0 Å². The number of aryl methyl sites for hydroxylation is 2. The van der Waals surface area contributed by atoms with E-state index in [1.807, 2.05) is 12.1 Å². The lowest BCUT2D eigenvalue weighted by molar-refractivity contribution is 0.0884. The maximum Gasteiger partial charge on any atom is 0.407 e. The number of amides is 1. The molecule has 0 saturated carbocycles. The first-order chi connectivity index (χ1) is 14.3. The lowest BCUT2D eigenvalue weighted by Crippen LogP contribution is -2.48. The molecule has 0 fully saturated rings. The second kappa shape index (κ2) is 9.38. The lowest BCUT2D eigenvalue weighted by Gasteiger charge is -2.41. The molecule has 0 spiro atoms. The maximum absolute atomic E-state index is 11.7. The van der Waals surface area contributed by atoms with Crippen LogP contribution in [0.4, 0.5) is 4.79 Å². The highest BCUT2D eigenvalue weighted by molar-refractivity contribution is 5.74. The first kappa shape index (κ1) is 21.9. The molecule has 1 N–H and O–H groups in total. The smallest absolute Gasteiger partial charge is 0.407 e. The minimum Gasteiger partial charge on any atom is -0.494 e. The zero-order valence-corrected chi connectivity index (χ0v) is 18.5. The Morgan fingerprint density at radius 3 is 2.53 bits per heavy atom. The normalized spacial score (nSPS) is 16.9. The summed E-state index contributed by atoms with van der Waals surface area (Å²) >= 11 is 0. The van der Waals surface area contributed by atoms with Crippen molar-refractivity contribution >= 4 is 11.7 Å². The van der Waals surface area contributed by atoms with Crippen LogP contribution in [0.2, 0.25) is 0 Å². The van der Waals surface area contributed by atoms with Crippen LogP contribution < -0.4 is 4.74 Å². The Balaban J connectivity index is 1.64. The van der Waals surface area contributed by atoms with Crippen LogP contribution in [-0.2, 0) is 6.42 Å². The van der Waals surface area contributed by atoms with Gasteiger partial charge in [0.25, 0.3) is 0 Å². The largest absolute Gasteiger partial charge is 0.494 e. The zero-order valence-electron chi connectivity index (χ0n) is 18.5. The number of hydrogen-bond acceptors (Lipinski definition) is 2. The monoisotopic (exact) mass is 407 g/mol. The summed E-state index contributed by atoms with van der Waals surface area (Å²) in [7, 11) is 0. The minimum atomic E-state index is -0.846. The number of carbonyl (C=O) groups is 1. The molecule has 4 nitrogen and oxygen atoms in total. The van der Waals surface area contributed by atoms with E-state index < -0.39 is 6.09 Å². The average molecular weight is 408 g/mol. The van der Waals surface area contributed by atoms with Gasteiger partial charge < -0.3 is 14.7 Å². The number of hydrogen-bond donors (Lipinski definition) is 1. The third-order valence-corrected chi connectivity index (χ3v) is 5.83. The molecule has 3 rings (SSSR count). The molecule has 4 heteroatoms. The summed E-state index contributed by atoms with van der Waals surface area (Å²) in [5.41, 5.74) is 4.79. The number of rotatable bonds is 6. The molecule has 30 heavy (non-hydrogen) atoms. The third-order valence-electron chi connectivity index (χ3n) is 5.83. The highest BCUT2D eigenvalue weighted by Crippen LogP contribution is 2.37. The molecule has 1 aliphatic heterocycles. The van der Waals surface area contributed by atoms with Crippen molar-refractivity contribution in [3.05, 3.63) is 71.3 Å².